The van der Waals surface area contributed by atoms with Crippen LogP contribution >= 0.6 is 0 Å². The maximum atomic E-state index is 15.7. The van der Waals surface area contributed by atoms with E-state index in [9.17, 15) is 25.2 Å². The third kappa shape index (κ3) is 8.97. The molecule has 10 nitrogen and oxygen atoms in total. The van der Waals surface area contributed by atoms with E-state index in [2.05, 4.69) is 109 Å². The molecule has 0 radical (unpaired) electrons. The molecule has 498 valence electrons. The number of nitrogens with one attached hydrogen (secondary N) is 1. The number of aldehydes is 1. The molecule has 0 amide bonds. The molecule has 1 heterocycles. The Morgan fingerprint density at radius 2 is 1.49 bits per heavy atom. The maximum absolute atomic E-state index is 15.7. The maximum Gasteiger partial charge on any atom is 0.331 e. The number of aryl methyl sites for hydroxylation is 1. The number of carbonyl (C=O) groups is 2. The minimum absolute atomic E-state index is 0.0532. The molecule has 23 atom stereocenters. The summed E-state index contributed by atoms with van der Waals surface area (Å²) in [4.78, 5) is 30.1. The lowest BCUT2D eigenvalue weighted by atomic mass is 9.32. The molecule has 7 N–H and O–H groups in total. The second-order valence-electron chi connectivity index (χ2n) is 34.5. The van der Waals surface area contributed by atoms with E-state index in [1.54, 1.807) is 6.08 Å². The molecule has 10 fully saturated rings. The molecular weight excluding hydrogens is 1170 g/mol. The first-order valence-corrected chi connectivity index (χ1v) is 37.5. The molecule has 0 saturated heterocycles. The van der Waals surface area contributed by atoms with E-state index in [1.807, 2.05) is 19.2 Å². The van der Waals surface area contributed by atoms with Crippen molar-refractivity contribution < 1.29 is 45.0 Å². The monoisotopic (exact) mass is 1270 g/mol. The number of aliphatic hydroxyl groups excluding tert-OH is 3. The van der Waals surface area contributed by atoms with Crippen molar-refractivity contribution in [3.63, 3.8) is 0 Å². The highest BCUT2D eigenvalue weighted by atomic mass is 16.5. The van der Waals surface area contributed by atoms with Gasteiger partial charge in [-0.25, -0.2) is 4.79 Å². The lowest BCUT2D eigenvalue weighted by Crippen LogP contribution is -2.86. The van der Waals surface area contributed by atoms with Gasteiger partial charge in [0.05, 0.1) is 29.8 Å². The average molecular weight is 1270 g/mol. The fraction of sp³-hybridized carbons (Fsp3) is 0.643. The van der Waals surface area contributed by atoms with Crippen LogP contribution in [0.1, 0.15) is 199 Å². The van der Waals surface area contributed by atoms with E-state index >= 15 is 15.0 Å². The number of benzene rings is 4. The van der Waals surface area contributed by atoms with Crippen molar-refractivity contribution in [3.8, 4) is 11.8 Å². The van der Waals surface area contributed by atoms with Crippen molar-refractivity contribution in [3.05, 3.63) is 153 Å². The molecule has 1 aliphatic heterocycles. The first-order valence-electron chi connectivity index (χ1n) is 37.5. The van der Waals surface area contributed by atoms with Gasteiger partial charge in [0.15, 0.2) is 0 Å². The first kappa shape index (κ1) is 62.6. The lowest BCUT2D eigenvalue weighted by Gasteiger charge is -2.75. The molecule has 14 aliphatic carbocycles. The summed E-state index contributed by atoms with van der Waals surface area (Å²) in [6.07, 6.45) is 20.0. The van der Waals surface area contributed by atoms with E-state index in [1.165, 1.54) is 40.7 Å². The minimum atomic E-state index is -2.29. The van der Waals surface area contributed by atoms with Crippen molar-refractivity contribution in [2.45, 2.75) is 233 Å². The predicted octanol–water partition coefficient (Wildman–Crippen LogP) is 12.4. The molecule has 19 rings (SSSR count). The number of fused-ring (bicyclic) bond motifs is 3. The predicted molar refractivity (Wildman–Crippen MR) is 361 cm³/mol. The molecule has 15 bridgehead atoms. The summed E-state index contributed by atoms with van der Waals surface area (Å²) < 4.78 is 6.61. The molecule has 0 aromatic heterocycles. The Morgan fingerprint density at radius 3 is 2.28 bits per heavy atom. The third-order valence-electron chi connectivity index (χ3n) is 30.8. The average Bonchev–Trinajstić information content (AvgIpc) is 1.45. The molecule has 0 unspecified atom stereocenters. The van der Waals surface area contributed by atoms with Gasteiger partial charge in [-0.05, 0) is 258 Å². The second-order valence-corrected chi connectivity index (χ2v) is 34.5. The van der Waals surface area contributed by atoms with E-state index in [0.717, 1.165) is 118 Å². The zero-order chi connectivity index (χ0) is 64.4. The number of hydrogen-bond donors (Lipinski definition) is 7. The highest BCUT2D eigenvalue weighted by Gasteiger charge is 2.87. The van der Waals surface area contributed by atoms with Crippen LogP contribution in [0.3, 0.4) is 0 Å². The van der Waals surface area contributed by atoms with Crippen LogP contribution in [0.25, 0.3) is 0 Å². The molecule has 4 aromatic rings. The van der Waals surface area contributed by atoms with Crippen LogP contribution < -0.4 is 5.32 Å². The molecule has 15 aliphatic rings. The Kier molecular flexibility index (Phi) is 15.2. The van der Waals surface area contributed by atoms with Crippen molar-refractivity contribution in [1.82, 2.24) is 5.32 Å². The first-order chi connectivity index (χ1) is 45.4. The zero-order valence-corrected chi connectivity index (χ0v) is 55.8. The SMILES string of the molecule is CN[C@H]1Cc2c(cccc2CO)C#C[C@]23CC[C@H](Cc4cccc(c4)[C@]4(CC[C@H](Cc5ccccc5)C4)c4cccc(c4)CC[C@H]4CC[C@]5(C4)C[C@]4(C=O)[C@H]6CC[C@]7(C2)[C@H]2C8=CC(=O)O[C@@H]8[C@@H]1C[C@H]2C[C@]7(O)[C@@]6(O)[C@H](O)[C@@H]1C[C@@H]([C@@H](C)C2CCCC2)CC[C@@H]([C@H]5O)[C@@]14O)C3. The van der Waals surface area contributed by atoms with Gasteiger partial charge in [-0.15, -0.1) is 0 Å². The summed E-state index contributed by atoms with van der Waals surface area (Å²) in [5.74, 6) is 5.64. The van der Waals surface area contributed by atoms with Gasteiger partial charge in [-0.1, -0.05) is 135 Å². The van der Waals surface area contributed by atoms with Gasteiger partial charge in [0.1, 0.15) is 23.6 Å². The number of rotatable bonds is 7. The van der Waals surface area contributed by atoms with Crippen molar-refractivity contribution >= 4 is 12.3 Å². The molecular formula is C84H103NO9. The number of esters is 1. The van der Waals surface area contributed by atoms with Crippen LogP contribution in [0.15, 0.2) is 109 Å². The van der Waals surface area contributed by atoms with Crippen LogP contribution in [0.2, 0.25) is 0 Å². The van der Waals surface area contributed by atoms with E-state index in [4.69, 9.17) is 4.74 Å². The summed E-state index contributed by atoms with van der Waals surface area (Å²) in [5.41, 5.74) is -0.282. The molecule has 4 aromatic carbocycles. The topological polar surface area (TPSA) is 177 Å². The number of carbonyl (C=O) groups excluding carboxylic acids is 2. The highest BCUT2D eigenvalue weighted by Crippen LogP contribution is 2.80. The number of likely N-dealkylation sites (N-methyl/N-ethyl adjacent to an activating group) is 1. The second kappa shape index (κ2) is 22.8. The smallest absolute Gasteiger partial charge is 0.331 e. The Morgan fingerprint density at radius 1 is 0.713 bits per heavy atom. The third-order valence-corrected chi connectivity index (χ3v) is 30.8. The zero-order valence-electron chi connectivity index (χ0n) is 55.8. The fourth-order valence-electron chi connectivity index (χ4n) is 26.9. The Balaban J connectivity index is 0.872. The summed E-state index contributed by atoms with van der Waals surface area (Å²) in [6, 6.07) is 36.0. The lowest BCUT2D eigenvalue weighted by molar-refractivity contribution is -0.385. The quantitative estimate of drug-likeness (QED) is 0.0535. The Bertz CT molecular complexity index is 3720. The van der Waals surface area contributed by atoms with Crippen molar-refractivity contribution in [2.24, 2.45) is 92.7 Å². The van der Waals surface area contributed by atoms with Gasteiger partial charge in [-0.3, -0.25) is 0 Å². The Labute approximate surface area is 557 Å². The summed E-state index contributed by atoms with van der Waals surface area (Å²) in [7, 11) is 1.96. The number of aliphatic hydroxyl groups is 6. The highest BCUT2D eigenvalue weighted by molar-refractivity contribution is 5.86. The van der Waals surface area contributed by atoms with Crippen LogP contribution in [0.5, 0.6) is 0 Å². The summed E-state index contributed by atoms with van der Waals surface area (Å²) in [5, 5.41) is 88.8. The minimum Gasteiger partial charge on any atom is -0.454 e. The standard InChI is InChI=1S/C84H103NO9/c1-51(58-15-6-7-16-58)60-23-24-68-75(89)78-32-26-54(44-78)22-21-53-13-8-19-63(37-53)79(33-27-57(45-79)35-52-11-4-3-5-12-52)64-20-9-14-55(38-64)36-56-25-30-77(43-56)31-28-59-17-10-18-61(47-86)65(59)41-70(85-2)66-39-62-46-82(91)80(48-77,73(62)67-42-72(88)94-74(66)67)34-29-71-81(49-78,50-87)83(68,92)69(40-60)76(90)84(71,82)93/h3-5,8-14,17-20,37-38,42,50-51,54,56-58,60,62,66,68-71,73-76,85-86,89-93H,6-7,15-16,21-27,29-30,32-36,39-41,43-49H2,1-2H3/t51-,54-,56+,57+,60-,62-,66+,68-,69-,70-,71+,73+,74+,75+,76+,77-,78-,79-,80-,81-,82+,83+,84-/m0/s1. The van der Waals surface area contributed by atoms with Crippen molar-refractivity contribution in [2.75, 3.05) is 7.05 Å². The molecule has 94 heavy (non-hydrogen) atoms. The van der Waals surface area contributed by atoms with Gasteiger partial charge < -0.3 is 45.5 Å². The normalized spacial score (nSPS) is 45.1. The number of hydrogen-bond acceptors (Lipinski definition) is 10. The van der Waals surface area contributed by atoms with Gasteiger partial charge in [0.25, 0.3) is 0 Å². The van der Waals surface area contributed by atoms with Crippen LogP contribution in [0, 0.1) is 105 Å². The van der Waals surface area contributed by atoms with Gasteiger partial charge in [0.2, 0.25) is 0 Å². The fourth-order valence-corrected chi connectivity index (χ4v) is 26.9. The van der Waals surface area contributed by atoms with E-state index < -0.39 is 86.4 Å². The van der Waals surface area contributed by atoms with Gasteiger partial charge in [-0.2, -0.15) is 0 Å². The van der Waals surface area contributed by atoms with Crippen molar-refractivity contribution in [1.29, 1.82) is 0 Å². The van der Waals surface area contributed by atoms with E-state index in [0.29, 0.717) is 63.2 Å². The summed E-state index contributed by atoms with van der Waals surface area (Å²) >= 11 is 0. The Hall–Kier alpha value is -4.96. The molecule has 10 heteroatoms. The molecule has 10 saturated carbocycles. The van der Waals surface area contributed by atoms with Crippen LogP contribution in [-0.4, -0.2) is 91.1 Å². The van der Waals surface area contributed by atoms with E-state index in [-0.39, 0.29) is 72.8 Å². The summed E-state index contributed by atoms with van der Waals surface area (Å²) in [6.45, 7) is 2.22. The molecule has 4 spiro atoms. The van der Waals surface area contributed by atoms with Gasteiger partial charge >= 0.3 is 5.97 Å². The van der Waals surface area contributed by atoms with Crippen LogP contribution in [0.4, 0.5) is 0 Å². The number of ether oxygens (including phenoxy) is 1. The van der Waals surface area contributed by atoms with Gasteiger partial charge in [0, 0.05) is 57.6 Å². The largest absolute Gasteiger partial charge is 0.454 e. The van der Waals surface area contributed by atoms with Crippen LogP contribution in [-0.2, 0) is 52.0 Å².